The highest BCUT2D eigenvalue weighted by Gasteiger charge is 2.05. The van der Waals surface area contributed by atoms with Crippen LogP contribution < -0.4 is 11.1 Å². The normalized spacial score (nSPS) is 12.1. The van der Waals surface area contributed by atoms with Crippen LogP contribution in [0.5, 0.6) is 0 Å². The molecule has 4 heteroatoms. The van der Waals surface area contributed by atoms with E-state index in [9.17, 15) is 0 Å². The molecule has 0 aliphatic heterocycles. The zero-order valence-electron chi connectivity index (χ0n) is 9.07. The molecular weight excluding hydrogens is 190 g/mol. The molecule has 0 atom stereocenters. The number of amidine groups is 1. The number of nitrogens with two attached hydrogens (primary N) is 1. The van der Waals surface area contributed by atoms with Crippen LogP contribution in [0.3, 0.4) is 0 Å². The van der Waals surface area contributed by atoms with Gasteiger partial charge in [-0.05, 0) is 5.56 Å². The molecule has 0 saturated heterocycles. The van der Waals surface area contributed by atoms with Crippen molar-refractivity contribution in [3.63, 3.8) is 0 Å². The lowest BCUT2D eigenvalue weighted by atomic mass is 10.1. The van der Waals surface area contributed by atoms with Crippen molar-refractivity contribution >= 4 is 5.84 Å². The van der Waals surface area contributed by atoms with E-state index in [1.165, 1.54) is 0 Å². The summed E-state index contributed by atoms with van der Waals surface area (Å²) in [5.41, 5.74) is 7.37. The molecule has 4 N–H and O–H groups in total. The molecule has 0 heterocycles. The molecule has 0 fully saturated rings. The molecule has 0 amide bonds. The Labute approximate surface area is 89.8 Å². The van der Waals surface area contributed by atoms with Crippen molar-refractivity contribution in [1.29, 1.82) is 0 Å². The number of oxime groups is 1. The molecule has 0 radical (unpaired) electrons. The quantitative estimate of drug-likeness (QED) is 0.301. The molecule has 15 heavy (non-hydrogen) atoms. The van der Waals surface area contributed by atoms with Crippen molar-refractivity contribution in [3.8, 4) is 0 Å². The Morgan fingerprint density at radius 1 is 1.47 bits per heavy atom. The second kappa shape index (κ2) is 5.36. The smallest absolute Gasteiger partial charge is 0.170 e. The summed E-state index contributed by atoms with van der Waals surface area (Å²) in [5.74, 6) is 0.149. The second-order valence-electron chi connectivity index (χ2n) is 3.68. The van der Waals surface area contributed by atoms with E-state index in [0.29, 0.717) is 12.6 Å². The minimum Gasteiger partial charge on any atom is -0.409 e. The van der Waals surface area contributed by atoms with Gasteiger partial charge < -0.3 is 16.3 Å². The molecule has 1 aromatic carbocycles. The summed E-state index contributed by atoms with van der Waals surface area (Å²) < 4.78 is 0. The molecule has 0 spiro atoms. The van der Waals surface area contributed by atoms with Crippen LogP contribution in [-0.4, -0.2) is 17.1 Å². The highest BCUT2D eigenvalue weighted by Crippen LogP contribution is 2.08. The maximum Gasteiger partial charge on any atom is 0.170 e. The van der Waals surface area contributed by atoms with E-state index in [4.69, 9.17) is 10.9 Å². The van der Waals surface area contributed by atoms with Crippen molar-refractivity contribution in [2.24, 2.45) is 10.9 Å². The standard InChI is InChI=1S/C11H17N3O/c1-8(2)13-7-9-5-3-4-6-10(9)11(12)14-15/h3-6,8,13,15H,7H2,1-2H3,(H2,12,14). The SMILES string of the molecule is CC(C)NCc1ccccc1C(N)=NO. The summed E-state index contributed by atoms with van der Waals surface area (Å²) >= 11 is 0. The minimum atomic E-state index is 0.149. The first-order chi connectivity index (χ1) is 7.15. The number of hydrogen-bond acceptors (Lipinski definition) is 3. The van der Waals surface area contributed by atoms with E-state index in [1.807, 2.05) is 24.3 Å². The summed E-state index contributed by atoms with van der Waals surface area (Å²) in [5, 5.41) is 14.9. The zero-order chi connectivity index (χ0) is 11.3. The highest BCUT2D eigenvalue weighted by molar-refractivity contribution is 5.98. The fourth-order valence-electron chi connectivity index (χ4n) is 1.29. The number of rotatable bonds is 4. The van der Waals surface area contributed by atoms with Gasteiger partial charge in [-0.15, -0.1) is 0 Å². The third-order valence-corrected chi connectivity index (χ3v) is 2.10. The zero-order valence-corrected chi connectivity index (χ0v) is 9.07. The molecule has 0 bridgehead atoms. The fourth-order valence-corrected chi connectivity index (χ4v) is 1.29. The summed E-state index contributed by atoms with van der Waals surface area (Å²) in [6.45, 7) is 4.86. The van der Waals surface area contributed by atoms with Crippen LogP contribution in [0.15, 0.2) is 29.4 Å². The maximum atomic E-state index is 8.63. The molecule has 4 nitrogen and oxygen atoms in total. The lowest BCUT2D eigenvalue weighted by molar-refractivity contribution is 0.318. The predicted molar refractivity (Wildman–Crippen MR) is 60.9 cm³/mol. The highest BCUT2D eigenvalue weighted by atomic mass is 16.4. The first kappa shape index (κ1) is 11.5. The molecule has 1 rings (SSSR count). The van der Waals surface area contributed by atoms with Crippen molar-refractivity contribution in [1.82, 2.24) is 5.32 Å². The Hall–Kier alpha value is -1.55. The second-order valence-corrected chi connectivity index (χ2v) is 3.68. The third kappa shape index (κ3) is 3.25. The van der Waals surface area contributed by atoms with Crippen molar-refractivity contribution in [2.75, 3.05) is 0 Å². The molecule has 0 aliphatic carbocycles. The van der Waals surface area contributed by atoms with E-state index < -0.39 is 0 Å². The van der Waals surface area contributed by atoms with E-state index in [1.54, 1.807) is 0 Å². The first-order valence-electron chi connectivity index (χ1n) is 4.94. The Morgan fingerprint density at radius 3 is 2.73 bits per heavy atom. The van der Waals surface area contributed by atoms with Crippen molar-refractivity contribution < 1.29 is 5.21 Å². The van der Waals surface area contributed by atoms with Crippen LogP contribution in [0.4, 0.5) is 0 Å². The third-order valence-electron chi connectivity index (χ3n) is 2.10. The Bertz CT molecular complexity index is 347. The van der Waals surface area contributed by atoms with Crippen LogP contribution in [0, 0.1) is 0 Å². The van der Waals surface area contributed by atoms with Gasteiger partial charge in [0.05, 0.1) is 0 Å². The molecule has 0 aromatic heterocycles. The van der Waals surface area contributed by atoms with Gasteiger partial charge in [0.2, 0.25) is 0 Å². The van der Waals surface area contributed by atoms with Crippen LogP contribution in [0.1, 0.15) is 25.0 Å². The first-order valence-corrected chi connectivity index (χ1v) is 4.94. The van der Waals surface area contributed by atoms with E-state index >= 15 is 0 Å². The van der Waals surface area contributed by atoms with Gasteiger partial charge in [0.1, 0.15) is 0 Å². The van der Waals surface area contributed by atoms with Gasteiger partial charge in [-0.1, -0.05) is 43.3 Å². The largest absolute Gasteiger partial charge is 0.409 e. The number of nitrogens with zero attached hydrogens (tertiary/aromatic N) is 1. The Balaban J connectivity index is 2.87. The molecular formula is C11H17N3O. The fraction of sp³-hybridized carbons (Fsp3) is 0.364. The minimum absolute atomic E-state index is 0.149. The maximum absolute atomic E-state index is 8.63. The van der Waals surface area contributed by atoms with E-state index in [0.717, 1.165) is 11.1 Å². The van der Waals surface area contributed by atoms with Gasteiger partial charge in [-0.2, -0.15) is 0 Å². The topological polar surface area (TPSA) is 70.6 Å². The van der Waals surface area contributed by atoms with Gasteiger partial charge in [0.15, 0.2) is 5.84 Å². The number of benzene rings is 1. The van der Waals surface area contributed by atoms with Crippen LogP contribution in [0.2, 0.25) is 0 Å². The van der Waals surface area contributed by atoms with E-state index in [-0.39, 0.29) is 5.84 Å². The van der Waals surface area contributed by atoms with Gasteiger partial charge >= 0.3 is 0 Å². The molecule has 0 unspecified atom stereocenters. The predicted octanol–water partition coefficient (Wildman–Crippen LogP) is 1.28. The van der Waals surface area contributed by atoms with Gasteiger partial charge in [0.25, 0.3) is 0 Å². The molecule has 0 saturated carbocycles. The van der Waals surface area contributed by atoms with Gasteiger partial charge in [0, 0.05) is 18.2 Å². The monoisotopic (exact) mass is 207 g/mol. The molecule has 82 valence electrons. The average molecular weight is 207 g/mol. The van der Waals surface area contributed by atoms with Crippen molar-refractivity contribution in [3.05, 3.63) is 35.4 Å². The van der Waals surface area contributed by atoms with E-state index in [2.05, 4.69) is 24.3 Å². The summed E-state index contributed by atoms with van der Waals surface area (Å²) in [6, 6.07) is 8.01. The number of hydrogen-bond donors (Lipinski definition) is 3. The lowest BCUT2D eigenvalue weighted by Gasteiger charge is -2.11. The average Bonchev–Trinajstić information content (AvgIpc) is 2.25. The van der Waals surface area contributed by atoms with Gasteiger partial charge in [-0.25, -0.2) is 0 Å². The Morgan fingerprint density at radius 2 is 2.13 bits per heavy atom. The Kier molecular flexibility index (Phi) is 4.12. The van der Waals surface area contributed by atoms with Crippen LogP contribution >= 0.6 is 0 Å². The van der Waals surface area contributed by atoms with Gasteiger partial charge in [-0.3, -0.25) is 0 Å². The summed E-state index contributed by atoms with van der Waals surface area (Å²) in [6.07, 6.45) is 0. The summed E-state index contributed by atoms with van der Waals surface area (Å²) in [4.78, 5) is 0. The lowest BCUT2D eigenvalue weighted by Crippen LogP contribution is -2.24. The molecule has 0 aliphatic rings. The molecule has 1 aromatic rings. The van der Waals surface area contributed by atoms with Crippen molar-refractivity contribution in [2.45, 2.75) is 26.4 Å². The number of nitrogens with one attached hydrogen (secondary N) is 1. The van der Waals surface area contributed by atoms with Crippen LogP contribution in [-0.2, 0) is 6.54 Å². The summed E-state index contributed by atoms with van der Waals surface area (Å²) in [7, 11) is 0. The van der Waals surface area contributed by atoms with Crippen LogP contribution in [0.25, 0.3) is 0 Å².